The Morgan fingerprint density at radius 1 is 1.28 bits per heavy atom. The van der Waals surface area contributed by atoms with Crippen LogP contribution in [-0.2, 0) is 6.54 Å². The van der Waals surface area contributed by atoms with Crippen LogP contribution in [-0.4, -0.2) is 4.98 Å². The molecule has 0 unspecified atom stereocenters. The van der Waals surface area contributed by atoms with Gasteiger partial charge >= 0.3 is 0 Å². The Morgan fingerprint density at radius 2 is 2.22 bits per heavy atom. The Hall–Kier alpha value is -2.49. The van der Waals surface area contributed by atoms with Crippen molar-refractivity contribution in [1.82, 2.24) is 4.98 Å². The second-order valence-electron chi connectivity index (χ2n) is 4.12. The summed E-state index contributed by atoms with van der Waals surface area (Å²) in [6.07, 6.45) is 7.21. The molecule has 4 nitrogen and oxygen atoms in total. The zero-order chi connectivity index (χ0) is 12.4. The van der Waals surface area contributed by atoms with Gasteiger partial charge in [-0.2, -0.15) is 0 Å². The summed E-state index contributed by atoms with van der Waals surface area (Å²) in [7, 11) is 0. The summed E-state index contributed by atoms with van der Waals surface area (Å²) in [4.78, 5) is 6.22. The van der Waals surface area contributed by atoms with E-state index in [4.69, 9.17) is 10.5 Å². The third-order valence-corrected chi connectivity index (χ3v) is 2.80. The molecule has 0 amide bonds. The van der Waals surface area contributed by atoms with Gasteiger partial charge in [-0.3, -0.25) is 4.98 Å². The van der Waals surface area contributed by atoms with E-state index in [1.165, 1.54) is 0 Å². The number of nitrogens with zero attached hydrogens (tertiary/aromatic N) is 2. The molecule has 0 atom stereocenters. The van der Waals surface area contributed by atoms with Crippen LogP contribution in [0, 0.1) is 0 Å². The number of aromatic nitrogens is 1. The fraction of sp³-hybridized carbons (Fsp3) is 0.0714. The van der Waals surface area contributed by atoms with Crippen molar-refractivity contribution in [3.05, 3.63) is 60.8 Å². The van der Waals surface area contributed by atoms with Gasteiger partial charge in [-0.15, -0.1) is 0 Å². The van der Waals surface area contributed by atoms with E-state index in [1.54, 1.807) is 12.5 Å². The maximum atomic E-state index is 5.75. The minimum absolute atomic E-state index is 0.699. The smallest absolute Gasteiger partial charge is 0.152 e. The van der Waals surface area contributed by atoms with Crippen molar-refractivity contribution in [2.45, 2.75) is 6.54 Å². The highest BCUT2D eigenvalue weighted by Gasteiger charge is 2.14. The highest BCUT2D eigenvalue weighted by molar-refractivity contribution is 5.66. The molecule has 0 saturated heterocycles. The van der Waals surface area contributed by atoms with Crippen LogP contribution in [0.4, 0.5) is 11.4 Å². The van der Waals surface area contributed by atoms with E-state index < -0.39 is 0 Å². The van der Waals surface area contributed by atoms with Gasteiger partial charge in [0.15, 0.2) is 5.75 Å². The van der Waals surface area contributed by atoms with Crippen LogP contribution in [0.2, 0.25) is 0 Å². The second kappa shape index (κ2) is 4.41. The van der Waals surface area contributed by atoms with Gasteiger partial charge in [-0.05, 0) is 23.8 Å². The standard InChI is InChI=1S/C14H13N3O/c15-12-3-4-13-14(8-12)18-7-6-17(13)10-11-2-1-5-16-9-11/h1-9H,10,15H2. The average molecular weight is 239 g/mol. The van der Waals surface area contributed by atoms with Crippen molar-refractivity contribution in [3.8, 4) is 5.75 Å². The lowest BCUT2D eigenvalue weighted by Crippen LogP contribution is -2.19. The van der Waals surface area contributed by atoms with Crippen molar-refractivity contribution in [3.63, 3.8) is 0 Å². The summed E-state index contributed by atoms with van der Waals surface area (Å²) in [5.74, 6) is 0.779. The first-order valence-corrected chi connectivity index (χ1v) is 5.71. The molecule has 1 aliphatic rings. The third kappa shape index (κ3) is 2.00. The van der Waals surface area contributed by atoms with Gasteiger partial charge in [-0.25, -0.2) is 0 Å². The van der Waals surface area contributed by atoms with Crippen LogP contribution in [0.25, 0.3) is 0 Å². The van der Waals surface area contributed by atoms with Gasteiger partial charge in [0.1, 0.15) is 6.26 Å². The molecule has 3 rings (SSSR count). The number of rotatable bonds is 2. The molecule has 90 valence electrons. The first-order chi connectivity index (χ1) is 8.83. The molecule has 1 aromatic carbocycles. The number of benzene rings is 1. The lowest BCUT2D eigenvalue weighted by atomic mass is 10.2. The van der Waals surface area contributed by atoms with E-state index in [-0.39, 0.29) is 0 Å². The monoisotopic (exact) mass is 239 g/mol. The van der Waals surface area contributed by atoms with Crippen LogP contribution >= 0.6 is 0 Å². The summed E-state index contributed by atoms with van der Waals surface area (Å²) in [5.41, 5.74) is 8.60. The number of hydrogen-bond acceptors (Lipinski definition) is 4. The molecule has 0 bridgehead atoms. The Labute approximate surface area is 105 Å². The first kappa shape index (κ1) is 10.7. The minimum atomic E-state index is 0.699. The largest absolute Gasteiger partial charge is 0.461 e. The average Bonchev–Trinajstić information content (AvgIpc) is 2.40. The zero-order valence-corrected chi connectivity index (χ0v) is 9.78. The predicted octanol–water partition coefficient (Wildman–Crippen LogP) is 2.53. The van der Waals surface area contributed by atoms with Crippen molar-refractivity contribution in [2.24, 2.45) is 0 Å². The molecule has 0 spiro atoms. The van der Waals surface area contributed by atoms with Gasteiger partial charge in [0, 0.05) is 36.9 Å². The van der Waals surface area contributed by atoms with Crippen LogP contribution in [0.15, 0.2) is 55.2 Å². The van der Waals surface area contributed by atoms with E-state index in [1.807, 2.05) is 42.7 Å². The van der Waals surface area contributed by atoms with Crippen LogP contribution in [0.5, 0.6) is 5.75 Å². The maximum Gasteiger partial charge on any atom is 0.152 e. The maximum absolute atomic E-state index is 5.75. The van der Waals surface area contributed by atoms with Crippen LogP contribution in [0.1, 0.15) is 5.56 Å². The lowest BCUT2D eigenvalue weighted by Gasteiger charge is -2.26. The predicted molar refractivity (Wildman–Crippen MR) is 71.0 cm³/mol. The van der Waals surface area contributed by atoms with Crippen LogP contribution < -0.4 is 15.4 Å². The van der Waals surface area contributed by atoms with E-state index >= 15 is 0 Å². The first-order valence-electron chi connectivity index (χ1n) is 5.71. The molecular formula is C14H13N3O. The van der Waals surface area contributed by atoms with Gasteiger partial charge in [0.05, 0.1) is 5.69 Å². The molecule has 18 heavy (non-hydrogen) atoms. The highest BCUT2D eigenvalue weighted by Crippen LogP contribution is 2.34. The quantitative estimate of drug-likeness (QED) is 0.818. The number of hydrogen-bond donors (Lipinski definition) is 1. The van der Waals surface area contributed by atoms with Gasteiger partial charge in [0.25, 0.3) is 0 Å². The number of ether oxygens (including phenoxy) is 1. The van der Waals surface area contributed by atoms with Crippen molar-refractivity contribution in [1.29, 1.82) is 0 Å². The van der Waals surface area contributed by atoms with Crippen molar-refractivity contribution >= 4 is 11.4 Å². The van der Waals surface area contributed by atoms with Crippen molar-refractivity contribution < 1.29 is 4.74 Å². The summed E-state index contributed by atoms with van der Waals surface area (Å²) in [6, 6.07) is 9.65. The summed E-state index contributed by atoms with van der Waals surface area (Å²) < 4.78 is 5.45. The Balaban J connectivity index is 1.90. The number of fused-ring (bicyclic) bond motifs is 1. The van der Waals surface area contributed by atoms with E-state index in [0.717, 1.165) is 23.5 Å². The molecule has 1 aliphatic heterocycles. The number of nitrogens with two attached hydrogens (primary N) is 1. The Kier molecular flexibility index (Phi) is 2.61. The number of anilines is 2. The lowest BCUT2D eigenvalue weighted by molar-refractivity contribution is 0.469. The molecule has 2 N–H and O–H groups in total. The topological polar surface area (TPSA) is 51.4 Å². The summed E-state index contributed by atoms with van der Waals surface area (Å²) in [5, 5.41) is 0. The molecule has 0 radical (unpaired) electrons. The fourth-order valence-electron chi connectivity index (χ4n) is 1.95. The molecule has 0 fully saturated rings. The zero-order valence-electron chi connectivity index (χ0n) is 9.78. The Bertz CT molecular complexity index is 581. The summed E-state index contributed by atoms with van der Waals surface area (Å²) in [6.45, 7) is 0.755. The third-order valence-electron chi connectivity index (χ3n) is 2.80. The SMILES string of the molecule is Nc1ccc2c(c1)OC=CN2Cc1cccnc1. The fourth-order valence-corrected chi connectivity index (χ4v) is 1.95. The van der Waals surface area contributed by atoms with Gasteiger partial charge < -0.3 is 15.4 Å². The number of nitrogen functional groups attached to an aromatic ring is 1. The normalized spacial score (nSPS) is 13.0. The van der Waals surface area contributed by atoms with E-state index in [2.05, 4.69) is 9.88 Å². The molecule has 0 aliphatic carbocycles. The second-order valence-corrected chi connectivity index (χ2v) is 4.12. The van der Waals surface area contributed by atoms with E-state index in [0.29, 0.717) is 5.69 Å². The van der Waals surface area contributed by atoms with Crippen molar-refractivity contribution in [2.75, 3.05) is 10.6 Å². The molecular weight excluding hydrogens is 226 g/mol. The molecule has 2 aromatic rings. The van der Waals surface area contributed by atoms with E-state index in [9.17, 15) is 0 Å². The molecule has 0 saturated carbocycles. The number of pyridine rings is 1. The van der Waals surface area contributed by atoms with Gasteiger partial charge in [-0.1, -0.05) is 6.07 Å². The minimum Gasteiger partial charge on any atom is -0.461 e. The highest BCUT2D eigenvalue weighted by atomic mass is 16.5. The summed E-state index contributed by atoms with van der Waals surface area (Å²) >= 11 is 0. The van der Waals surface area contributed by atoms with Gasteiger partial charge in [0.2, 0.25) is 0 Å². The molecule has 1 aromatic heterocycles. The van der Waals surface area contributed by atoms with Crippen LogP contribution in [0.3, 0.4) is 0 Å². The molecule has 4 heteroatoms. The Morgan fingerprint density at radius 3 is 3.06 bits per heavy atom. The molecule has 2 heterocycles.